The maximum atomic E-state index is 10.7. The van der Waals surface area contributed by atoms with Gasteiger partial charge in [0, 0.05) is 0 Å². The summed E-state index contributed by atoms with van der Waals surface area (Å²) in [5.41, 5.74) is -2.25. The molecule has 0 bridgehead atoms. The molecule has 0 fully saturated rings. The summed E-state index contributed by atoms with van der Waals surface area (Å²) >= 11 is 0. The number of hydrogen-bond acceptors (Lipinski definition) is 8. The fourth-order valence-electron chi connectivity index (χ4n) is 0.677. The van der Waals surface area contributed by atoms with Crippen molar-refractivity contribution in [1.82, 2.24) is 0 Å². The second-order valence-corrected chi connectivity index (χ2v) is 2.74. The minimum atomic E-state index is -2.25. The first-order valence-corrected chi connectivity index (χ1v) is 3.73. The molecule has 0 amide bonds. The van der Waals surface area contributed by atoms with E-state index in [9.17, 15) is 25.0 Å². The van der Waals surface area contributed by atoms with Crippen LogP contribution in [0.2, 0.25) is 0 Å². The summed E-state index contributed by atoms with van der Waals surface area (Å²) in [5.74, 6) is -1.71. The molecule has 0 aliphatic rings. The Balaban J connectivity index is 4.64. The minimum absolute atomic E-state index is 1.06. The molecule has 0 rings (SSSR count). The molecule has 0 unspecified atom stereocenters. The molecular formula is C5H8N2O9. The van der Waals surface area contributed by atoms with Gasteiger partial charge in [-0.05, 0) is 0 Å². The highest BCUT2D eigenvalue weighted by Crippen LogP contribution is 2.18. The summed E-state index contributed by atoms with van der Waals surface area (Å²) in [5, 5.41) is 34.6. The topological polar surface area (TPSA) is 162 Å². The Labute approximate surface area is 87.4 Å². The van der Waals surface area contributed by atoms with Crippen molar-refractivity contribution in [3.63, 3.8) is 0 Å². The van der Waals surface area contributed by atoms with Crippen molar-refractivity contribution in [2.45, 2.75) is 0 Å². The molecule has 11 nitrogen and oxygen atoms in total. The normalized spacial score (nSPS) is 10.6. The number of carboxylic acid groups (broad SMARTS) is 1. The van der Waals surface area contributed by atoms with Crippen molar-refractivity contribution >= 4 is 5.97 Å². The van der Waals surface area contributed by atoms with E-state index in [-0.39, 0.29) is 0 Å². The first-order chi connectivity index (χ1) is 7.34. The van der Waals surface area contributed by atoms with Crippen LogP contribution in [0.15, 0.2) is 0 Å². The van der Waals surface area contributed by atoms with Crippen LogP contribution in [0, 0.1) is 25.6 Å². The Hall–Kier alpha value is -2.17. The van der Waals surface area contributed by atoms with E-state index in [0.29, 0.717) is 0 Å². The largest absolute Gasteiger partial charge is 0.481 e. The maximum absolute atomic E-state index is 10.7. The summed E-state index contributed by atoms with van der Waals surface area (Å²) in [7, 11) is 0. The molecule has 0 atom stereocenters. The maximum Gasteiger partial charge on any atom is 0.315 e. The zero-order chi connectivity index (χ0) is 12.8. The monoisotopic (exact) mass is 240 g/mol. The van der Waals surface area contributed by atoms with Gasteiger partial charge in [-0.15, -0.1) is 20.2 Å². The lowest BCUT2D eigenvalue weighted by molar-refractivity contribution is -0.771. The van der Waals surface area contributed by atoms with Gasteiger partial charge in [-0.2, -0.15) is 0 Å². The molecule has 0 aromatic heterocycles. The number of aliphatic carboxylic acids is 1. The molecule has 0 saturated carbocycles. The highest BCUT2D eigenvalue weighted by atomic mass is 17.0. The molecule has 16 heavy (non-hydrogen) atoms. The van der Waals surface area contributed by atoms with Gasteiger partial charge in [0.05, 0.1) is 6.61 Å². The van der Waals surface area contributed by atoms with Crippen LogP contribution < -0.4 is 0 Å². The standard InChI is InChI=1S/C5H8N2O9/c8-1-5(4(9)10,2-15-6(11)12)3-16-7(13)14/h8H,1-3H2,(H,9,10). The molecule has 0 heterocycles. The molecule has 0 spiro atoms. The van der Waals surface area contributed by atoms with Gasteiger partial charge in [-0.1, -0.05) is 0 Å². The molecule has 0 radical (unpaired) electrons. The molecule has 2 N–H and O–H groups in total. The predicted octanol–water partition coefficient (Wildman–Crippen LogP) is -1.53. The van der Waals surface area contributed by atoms with Crippen LogP contribution in [0.4, 0.5) is 0 Å². The van der Waals surface area contributed by atoms with Crippen molar-refractivity contribution in [3.05, 3.63) is 20.2 Å². The van der Waals surface area contributed by atoms with Crippen LogP contribution in [0.5, 0.6) is 0 Å². The lowest BCUT2D eigenvalue weighted by atomic mass is 9.92. The van der Waals surface area contributed by atoms with Crippen LogP contribution in [-0.2, 0) is 14.5 Å². The van der Waals surface area contributed by atoms with Crippen LogP contribution >= 0.6 is 0 Å². The molecule has 92 valence electrons. The van der Waals surface area contributed by atoms with Crippen molar-refractivity contribution < 1.29 is 34.9 Å². The summed E-state index contributed by atoms with van der Waals surface area (Å²) in [4.78, 5) is 38.0. The summed E-state index contributed by atoms with van der Waals surface area (Å²) in [6.07, 6.45) is 0. The number of nitrogens with zero attached hydrogens (tertiary/aromatic N) is 2. The Morgan fingerprint density at radius 3 is 1.75 bits per heavy atom. The van der Waals surface area contributed by atoms with E-state index in [4.69, 9.17) is 10.2 Å². The zero-order valence-electron chi connectivity index (χ0n) is 7.77. The van der Waals surface area contributed by atoms with E-state index >= 15 is 0 Å². The average Bonchev–Trinajstić information content (AvgIpc) is 2.17. The number of carbonyl (C=O) groups is 1. The molecule has 11 heteroatoms. The number of rotatable bonds is 8. The van der Waals surface area contributed by atoms with Crippen molar-refractivity contribution in [2.75, 3.05) is 19.8 Å². The van der Waals surface area contributed by atoms with Crippen molar-refractivity contribution in [3.8, 4) is 0 Å². The first-order valence-electron chi connectivity index (χ1n) is 3.73. The fraction of sp³-hybridized carbons (Fsp3) is 0.800. The Kier molecular flexibility index (Phi) is 4.88. The van der Waals surface area contributed by atoms with Crippen molar-refractivity contribution in [2.24, 2.45) is 5.41 Å². The van der Waals surface area contributed by atoms with Gasteiger partial charge in [-0.3, -0.25) is 4.79 Å². The van der Waals surface area contributed by atoms with Gasteiger partial charge in [0.25, 0.3) is 10.2 Å². The summed E-state index contributed by atoms with van der Waals surface area (Å²) in [6.45, 7) is -3.22. The lowest BCUT2D eigenvalue weighted by Gasteiger charge is -2.24. The molecular weight excluding hydrogens is 232 g/mol. The Bertz CT molecular complexity index is 272. The van der Waals surface area contributed by atoms with Gasteiger partial charge in [0.1, 0.15) is 18.6 Å². The average molecular weight is 240 g/mol. The molecule has 0 aromatic rings. The summed E-state index contributed by atoms with van der Waals surface area (Å²) in [6, 6.07) is 0. The first kappa shape index (κ1) is 13.8. The SMILES string of the molecule is O=C(O)C(CO)(CO[N+](=O)[O-])CO[N+](=O)[O-]. The van der Waals surface area contributed by atoms with E-state index in [2.05, 4.69) is 9.68 Å². The Morgan fingerprint density at radius 1 is 1.19 bits per heavy atom. The third-order valence-corrected chi connectivity index (χ3v) is 1.65. The second-order valence-electron chi connectivity index (χ2n) is 2.74. The van der Waals surface area contributed by atoms with Gasteiger partial charge >= 0.3 is 5.97 Å². The third kappa shape index (κ3) is 3.91. The summed E-state index contributed by atoms with van der Waals surface area (Å²) < 4.78 is 0. The van der Waals surface area contributed by atoms with Gasteiger partial charge in [-0.25, -0.2) is 0 Å². The molecule has 0 aliphatic heterocycles. The predicted molar refractivity (Wildman–Crippen MR) is 43.0 cm³/mol. The zero-order valence-corrected chi connectivity index (χ0v) is 7.77. The number of aliphatic hydroxyl groups is 1. The fourth-order valence-corrected chi connectivity index (χ4v) is 0.677. The van der Waals surface area contributed by atoms with Crippen LogP contribution in [0.3, 0.4) is 0 Å². The Morgan fingerprint density at radius 2 is 1.56 bits per heavy atom. The number of carboxylic acids is 1. The quantitative estimate of drug-likeness (QED) is 0.378. The smallest absolute Gasteiger partial charge is 0.315 e. The third-order valence-electron chi connectivity index (χ3n) is 1.65. The minimum Gasteiger partial charge on any atom is -0.481 e. The molecule has 0 aliphatic carbocycles. The highest BCUT2D eigenvalue weighted by molar-refractivity contribution is 5.75. The highest BCUT2D eigenvalue weighted by Gasteiger charge is 2.41. The van der Waals surface area contributed by atoms with E-state index in [1.54, 1.807) is 0 Å². The van der Waals surface area contributed by atoms with E-state index in [0.717, 1.165) is 0 Å². The molecule has 0 aromatic carbocycles. The van der Waals surface area contributed by atoms with Crippen molar-refractivity contribution in [1.29, 1.82) is 0 Å². The van der Waals surface area contributed by atoms with E-state index < -0.39 is 41.4 Å². The lowest BCUT2D eigenvalue weighted by Crippen LogP contribution is -2.44. The van der Waals surface area contributed by atoms with Gasteiger partial charge in [0.2, 0.25) is 0 Å². The van der Waals surface area contributed by atoms with Crippen LogP contribution in [0.25, 0.3) is 0 Å². The van der Waals surface area contributed by atoms with Crippen LogP contribution in [-0.4, -0.2) is 46.2 Å². The van der Waals surface area contributed by atoms with E-state index in [1.165, 1.54) is 0 Å². The van der Waals surface area contributed by atoms with Crippen LogP contribution in [0.1, 0.15) is 0 Å². The molecule has 0 saturated heterocycles. The number of hydrogen-bond donors (Lipinski definition) is 2. The van der Waals surface area contributed by atoms with Gasteiger partial charge < -0.3 is 19.9 Å². The van der Waals surface area contributed by atoms with E-state index in [1.807, 2.05) is 0 Å². The number of aliphatic hydroxyl groups excluding tert-OH is 1. The second kappa shape index (κ2) is 5.65. The van der Waals surface area contributed by atoms with Gasteiger partial charge in [0.15, 0.2) is 0 Å².